The number of nitrogens with zero attached hydrogens (tertiary/aromatic N) is 8. The highest BCUT2D eigenvalue weighted by Crippen LogP contribution is 2.23. The Hall–Kier alpha value is -4.51. The van der Waals surface area contributed by atoms with Gasteiger partial charge in [0.1, 0.15) is 11.2 Å². The first-order valence-electron chi connectivity index (χ1n) is 14.2. The van der Waals surface area contributed by atoms with Crippen molar-refractivity contribution in [3.63, 3.8) is 0 Å². The number of aromatic nitrogens is 5. The van der Waals surface area contributed by atoms with Gasteiger partial charge in [0.2, 0.25) is 11.9 Å². The molecule has 0 atom stereocenters. The van der Waals surface area contributed by atoms with Gasteiger partial charge in [-0.1, -0.05) is 18.2 Å². The molecule has 4 aromatic rings. The van der Waals surface area contributed by atoms with Gasteiger partial charge >= 0.3 is 0 Å². The van der Waals surface area contributed by atoms with Crippen molar-refractivity contribution in [3.8, 4) is 5.82 Å². The Morgan fingerprint density at radius 3 is 2.46 bits per heavy atom. The molecule has 2 aliphatic rings. The summed E-state index contributed by atoms with van der Waals surface area (Å²) in [6, 6.07) is 13.8. The molecule has 1 fully saturated rings. The first kappa shape index (κ1) is 26.7. The maximum atomic E-state index is 13.5. The lowest BCUT2D eigenvalue weighted by molar-refractivity contribution is -0.116. The number of pyridine rings is 1. The van der Waals surface area contributed by atoms with Gasteiger partial charge in [0.25, 0.3) is 5.56 Å². The van der Waals surface area contributed by atoms with Crippen LogP contribution in [0.5, 0.6) is 0 Å². The third-order valence-corrected chi connectivity index (χ3v) is 7.71. The van der Waals surface area contributed by atoms with E-state index in [4.69, 9.17) is 9.97 Å². The van der Waals surface area contributed by atoms with E-state index >= 15 is 0 Å². The van der Waals surface area contributed by atoms with E-state index in [-0.39, 0.29) is 11.5 Å². The predicted molar refractivity (Wildman–Crippen MR) is 161 cm³/mol. The lowest BCUT2D eigenvalue weighted by Crippen LogP contribution is -2.44. The first-order chi connectivity index (χ1) is 20.0. The molecule has 41 heavy (non-hydrogen) atoms. The van der Waals surface area contributed by atoms with Crippen LogP contribution in [-0.2, 0) is 11.3 Å². The number of carbonyl (C=O) groups is 1. The molecule has 2 aliphatic heterocycles. The molecule has 0 saturated carbocycles. The van der Waals surface area contributed by atoms with Crippen molar-refractivity contribution >= 4 is 40.1 Å². The number of piperazine rings is 1. The quantitative estimate of drug-likeness (QED) is 0.384. The van der Waals surface area contributed by atoms with E-state index in [9.17, 15) is 9.59 Å². The summed E-state index contributed by atoms with van der Waals surface area (Å²) in [6.07, 6.45) is 8.32. The Labute approximate surface area is 238 Å². The molecule has 1 amide bonds. The topological polar surface area (TPSA) is 104 Å². The SMILES string of the molecule is CC(=O)N1CCCCC=CCn2c(=O)c3cnc(Nc4ccc(N5CCN(C)CC5)cc4)nc3n2-c2cccc1n2. The molecule has 11 heteroatoms. The summed E-state index contributed by atoms with van der Waals surface area (Å²) in [5.41, 5.74) is 2.30. The lowest BCUT2D eigenvalue weighted by atomic mass is 10.2. The Kier molecular flexibility index (Phi) is 7.51. The van der Waals surface area contributed by atoms with Crippen molar-refractivity contribution in [2.45, 2.75) is 32.7 Å². The number of carbonyl (C=O) groups excluding carboxylic acids is 1. The Morgan fingerprint density at radius 1 is 0.902 bits per heavy atom. The first-order valence-corrected chi connectivity index (χ1v) is 14.2. The fourth-order valence-electron chi connectivity index (χ4n) is 5.37. The van der Waals surface area contributed by atoms with Crippen LogP contribution >= 0.6 is 0 Å². The van der Waals surface area contributed by atoms with Crippen LogP contribution in [0.1, 0.15) is 26.2 Å². The number of hydrogen-bond donors (Lipinski definition) is 1. The molecule has 1 aromatic carbocycles. The lowest BCUT2D eigenvalue weighted by Gasteiger charge is -2.34. The molecule has 212 valence electrons. The zero-order valence-corrected chi connectivity index (χ0v) is 23.5. The van der Waals surface area contributed by atoms with Gasteiger partial charge in [-0.3, -0.25) is 14.5 Å². The summed E-state index contributed by atoms with van der Waals surface area (Å²) in [7, 11) is 2.15. The number of hydrogen-bond acceptors (Lipinski definition) is 8. The minimum absolute atomic E-state index is 0.0673. The Morgan fingerprint density at radius 2 is 1.68 bits per heavy atom. The van der Waals surface area contributed by atoms with Crippen LogP contribution in [0.4, 0.5) is 23.1 Å². The van der Waals surface area contributed by atoms with E-state index in [2.05, 4.69) is 45.4 Å². The largest absolute Gasteiger partial charge is 0.369 e. The van der Waals surface area contributed by atoms with Gasteiger partial charge in [-0.25, -0.2) is 19.3 Å². The van der Waals surface area contributed by atoms with E-state index in [0.717, 1.165) is 51.1 Å². The third kappa shape index (κ3) is 5.58. The molecule has 0 radical (unpaired) electrons. The summed E-state index contributed by atoms with van der Waals surface area (Å²) < 4.78 is 3.34. The van der Waals surface area contributed by atoms with E-state index in [1.807, 2.05) is 36.4 Å². The summed E-state index contributed by atoms with van der Waals surface area (Å²) in [5, 5.41) is 3.69. The summed E-state index contributed by atoms with van der Waals surface area (Å²) in [6.45, 7) is 6.62. The highest BCUT2D eigenvalue weighted by atomic mass is 16.2. The van der Waals surface area contributed by atoms with Crippen molar-refractivity contribution < 1.29 is 4.79 Å². The van der Waals surface area contributed by atoms with E-state index in [0.29, 0.717) is 41.7 Å². The van der Waals surface area contributed by atoms with Crippen molar-refractivity contribution in [1.29, 1.82) is 0 Å². The van der Waals surface area contributed by atoms with Crippen molar-refractivity contribution in [1.82, 2.24) is 29.2 Å². The Balaban J connectivity index is 1.37. The highest BCUT2D eigenvalue weighted by Gasteiger charge is 2.20. The standard InChI is InChI=1S/C30H35N9O2/c1-22(40)37-15-6-4-3-5-7-16-38-29(41)25-21-31-30(34-28(25)39(38)27-10-8-9-26(37)33-27)32-23-11-13-24(14-12-23)36-19-17-35(2)18-20-36/h5,7-14,21H,3-4,6,15-20H2,1-2H3,(H,31,32,34). The number of likely N-dealkylation sites (N-methyl/N-ethyl adjacent to an activating group) is 1. The molecular formula is C30H35N9O2. The molecule has 2 bridgehead atoms. The maximum Gasteiger partial charge on any atom is 0.278 e. The van der Waals surface area contributed by atoms with Crippen molar-refractivity contribution in [2.75, 3.05) is 54.9 Å². The smallest absolute Gasteiger partial charge is 0.278 e. The molecule has 6 rings (SSSR count). The molecule has 1 N–H and O–H groups in total. The fourth-order valence-corrected chi connectivity index (χ4v) is 5.37. The fraction of sp³-hybridized carbons (Fsp3) is 0.367. The average molecular weight is 554 g/mol. The molecule has 11 nitrogen and oxygen atoms in total. The number of rotatable bonds is 3. The molecule has 0 spiro atoms. The van der Waals surface area contributed by atoms with Gasteiger partial charge in [0.15, 0.2) is 11.5 Å². The van der Waals surface area contributed by atoms with Crippen molar-refractivity contribution in [3.05, 3.63) is 71.2 Å². The highest BCUT2D eigenvalue weighted by molar-refractivity contribution is 5.90. The van der Waals surface area contributed by atoms with Gasteiger partial charge in [-0.15, -0.1) is 0 Å². The number of fused-ring (bicyclic) bond motifs is 6. The zero-order chi connectivity index (χ0) is 28.3. The second-order valence-corrected chi connectivity index (χ2v) is 10.6. The van der Waals surface area contributed by atoms with E-state index in [1.54, 1.807) is 27.4 Å². The molecular weight excluding hydrogens is 518 g/mol. The van der Waals surface area contributed by atoms with Gasteiger partial charge in [-0.2, -0.15) is 4.98 Å². The predicted octanol–water partition coefficient (Wildman–Crippen LogP) is 3.57. The van der Waals surface area contributed by atoms with E-state index in [1.165, 1.54) is 5.69 Å². The van der Waals surface area contributed by atoms with Gasteiger partial charge in [-0.05, 0) is 62.7 Å². The number of benzene rings is 1. The number of amides is 1. The van der Waals surface area contributed by atoms with E-state index < -0.39 is 0 Å². The molecule has 1 saturated heterocycles. The summed E-state index contributed by atoms with van der Waals surface area (Å²) in [4.78, 5) is 46.4. The zero-order valence-electron chi connectivity index (χ0n) is 23.5. The van der Waals surface area contributed by atoms with Gasteiger partial charge in [0.05, 0.1) is 6.54 Å². The minimum Gasteiger partial charge on any atom is -0.369 e. The van der Waals surface area contributed by atoms with Crippen LogP contribution < -0.4 is 20.7 Å². The van der Waals surface area contributed by atoms with Gasteiger partial charge in [0, 0.05) is 57.2 Å². The summed E-state index contributed by atoms with van der Waals surface area (Å²) >= 11 is 0. The van der Waals surface area contributed by atoms with Crippen LogP contribution in [0, 0.1) is 0 Å². The normalized spacial score (nSPS) is 16.5. The number of nitrogens with one attached hydrogen (secondary N) is 1. The number of allylic oxidation sites excluding steroid dienone is 2. The van der Waals surface area contributed by atoms with Crippen molar-refractivity contribution in [2.24, 2.45) is 0 Å². The maximum absolute atomic E-state index is 13.5. The van der Waals surface area contributed by atoms with Crippen LogP contribution in [0.2, 0.25) is 0 Å². The molecule has 5 heterocycles. The molecule has 3 aromatic heterocycles. The second kappa shape index (κ2) is 11.5. The van der Waals surface area contributed by atoms with Crippen LogP contribution in [0.25, 0.3) is 16.9 Å². The van der Waals surface area contributed by atoms with Crippen LogP contribution in [-0.4, -0.2) is 74.9 Å². The molecule has 0 aliphatic carbocycles. The van der Waals surface area contributed by atoms with Crippen LogP contribution in [0.3, 0.4) is 0 Å². The van der Waals surface area contributed by atoms with Crippen LogP contribution in [0.15, 0.2) is 65.6 Å². The monoisotopic (exact) mass is 553 g/mol. The van der Waals surface area contributed by atoms with Gasteiger partial charge < -0.3 is 15.1 Å². The average Bonchev–Trinajstić information content (AvgIpc) is 3.25. The molecule has 0 unspecified atom stereocenters. The summed E-state index contributed by atoms with van der Waals surface area (Å²) in [5.74, 6) is 1.37. The third-order valence-electron chi connectivity index (χ3n) is 7.71. The number of anilines is 4. The second-order valence-electron chi connectivity index (χ2n) is 10.6. The minimum atomic E-state index is -0.196. The Bertz CT molecular complexity index is 1630.